The lowest BCUT2D eigenvalue weighted by molar-refractivity contribution is -0.124. The van der Waals surface area contributed by atoms with E-state index in [1.54, 1.807) is 0 Å². The summed E-state index contributed by atoms with van der Waals surface area (Å²) in [6.07, 6.45) is 4.95. The van der Waals surface area contributed by atoms with Crippen LogP contribution >= 0.6 is 0 Å². The van der Waals surface area contributed by atoms with Crippen molar-refractivity contribution in [1.82, 2.24) is 5.32 Å². The van der Waals surface area contributed by atoms with E-state index < -0.39 is 0 Å². The van der Waals surface area contributed by atoms with E-state index in [1.165, 1.54) is 43.5 Å². The molecule has 1 amide bonds. The van der Waals surface area contributed by atoms with Crippen molar-refractivity contribution in [2.75, 3.05) is 6.61 Å². The quantitative estimate of drug-likeness (QED) is 0.906. The second-order valence-corrected chi connectivity index (χ2v) is 5.59. The summed E-state index contributed by atoms with van der Waals surface area (Å²) >= 11 is 0. The molecule has 1 N–H and O–H groups in total. The van der Waals surface area contributed by atoms with Crippen molar-refractivity contribution in [3.05, 3.63) is 30.1 Å². The number of hydrogen-bond acceptors (Lipinski definition) is 2. The number of amides is 1. The highest BCUT2D eigenvalue weighted by Gasteiger charge is 2.40. The third kappa shape index (κ3) is 2.88. The van der Waals surface area contributed by atoms with Crippen LogP contribution in [0.5, 0.6) is 5.75 Å². The molecule has 3 atom stereocenters. The molecule has 2 aliphatic carbocycles. The number of rotatable bonds is 4. The van der Waals surface area contributed by atoms with Crippen LogP contribution in [0.3, 0.4) is 0 Å². The molecule has 4 heteroatoms. The molecule has 0 saturated heterocycles. The minimum absolute atomic E-state index is 0.000477. The van der Waals surface area contributed by atoms with Crippen LogP contribution in [-0.2, 0) is 4.79 Å². The fourth-order valence-corrected chi connectivity index (χ4v) is 3.35. The van der Waals surface area contributed by atoms with E-state index in [0.717, 1.165) is 12.3 Å². The standard InChI is InChI=1S/C15H18FNO2/c16-12-3-5-13(6-4-12)19-9-15(18)17-14-8-10-1-2-11(14)7-10/h3-6,10-11,14H,1-2,7-9H2,(H,17,18)/t10-,11-,14+/m0/s1. The molecule has 102 valence electrons. The third-order valence-corrected chi connectivity index (χ3v) is 4.27. The lowest BCUT2D eigenvalue weighted by Gasteiger charge is -2.22. The molecule has 0 spiro atoms. The van der Waals surface area contributed by atoms with Gasteiger partial charge >= 0.3 is 0 Å². The van der Waals surface area contributed by atoms with Crippen molar-refractivity contribution in [1.29, 1.82) is 0 Å². The Morgan fingerprint density at radius 2 is 2.05 bits per heavy atom. The van der Waals surface area contributed by atoms with Gasteiger partial charge in [-0.3, -0.25) is 4.79 Å². The van der Waals surface area contributed by atoms with Gasteiger partial charge in [0.15, 0.2) is 6.61 Å². The Morgan fingerprint density at radius 1 is 1.26 bits per heavy atom. The molecule has 0 heterocycles. The molecule has 2 saturated carbocycles. The first-order chi connectivity index (χ1) is 9.20. The summed E-state index contributed by atoms with van der Waals surface area (Å²) in [5.41, 5.74) is 0. The molecule has 19 heavy (non-hydrogen) atoms. The van der Waals surface area contributed by atoms with Gasteiger partial charge in [-0.05, 0) is 55.4 Å². The van der Waals surface area contributed by atoms with Crippen LogP contribution in [0.25, 0.3) is 0 Å². The number of fused-ring (bicyclic) bond motifs is 2. The summed E-state index contributed by atoms with van der Waals surface area (Å²) in [6.45, 7) is -0.000477. The van der Waals surface area contributed by atoms with E-state index in [9.17, 15) is 9.18 Å². The molecular weight excluding hydrogens is 245 g/mol. The minimum atomic E-state index is -0.307. The molecule has 0 aromatic heterocycles. The minimum Gasteiger partial charge on any atom is -0.484 e. The van der Waals surface area contributed by atoms with E-state index in [2.05, 4.69) is 5.32 Å². The number of halogens is 1. The number of hydrogen-bond donors (Lipinski definition) is 1. The summed E-state index contributed by atoms with van der Waals surface area (Å²) in [6, 6.07) is 6.04. The van der Waals surface area contributed by atoms with Crippen LogP contribution in [0.15, 0.2) is 24.3 Å². The zero-order valence-corrected chi connectivity index (χ0v) is 10.8. The number of nitrogens with one attached hydrogen (secondary N) is 1. The van der Waals surface area contributed by atoms with E-state index in [0.29, 0.717) is 17.7 Å². The Bertz CT molecular complexity index is 460. The second-order valence-electron chi connectivity index (χ2n) is 5.59. The van der Waals surface area contributed by atoms with Crippen LogP contribution in [0, 0.1) is 17.7 Å². The van der Waals surface area contributed by atoms with Crippen molar-refractivity contribution in [3.8, 4) is 5.75 Å². The van der Waals surface area contributed by atoms with Gasteiger partial charge in [0.1, 0.15) is 11.6 Å². The Morgan fingerprint density at radius 3 is 2.68 bits per heavy atom. The topological polar surface area (TPSA) is 38.3 Å². The van der Waals surface area contributed by atoms with Gasteiger partial charge in [-0.25, -0.2) is 4.39 Å². The first kappa shape index (κ1) is 12.5. The maximum Gasteiger partial charge on any atom is 0.258 e. The molecule has 3 rings (SSSR count). The molecule has 0 radical (unpaired) electrons. The van der Waals surface area contributed by atoms with Crippen LogP contribution in [0.1, 0.15) is 25.7 Å². The van der Waals surface area contributed by atoms with E-state index in [-0.39, 0.29) is 18.3 Å². The first-order valence-electron chi connectivity index (χ1n) is 6.88. The lowest BCUT2D eigenvalue weighted by atomic mass is 9.95. The maximum absolute atomic E-state index is 12.7. The van der Waals surface area contributed by atoms with Gasteiger partial charge in [0.05, 0.1) is 0 Å². The largest absolute Gasteiger partial charge is 0.484 e. The van der Waals surface area contributed by atoms with E-state index >= 15 is 0 Å². The molecule has 3 nitrogen and oxygen atoms in total. The SMILES string of the molecule is O=C(COc1ccc(F)cc1)N[C@@H]1C[C@H]2CC[C@H]1C2. The predicted octanol–water partition coefficient (Wildman–Crippen LogP) is 2.51. The fraction of sp³-hybridized carbons (Fsp3) is 0.533. The lowest BCUT2D eigenvalue weighted by Crippen LogP contribution is -2.40. The molecule has 1 aromatic carbocycles. The fourth-order valence-electron chi connectivity index (χ4n) is 3.35. The number of ether oxygens (including phenoxy) is 1. The van der Waals surface area contributed by atoms with Crippen LogP contribution in [0.2, 0.25) is 0 Å². The van der Waals surface area contributed by atoms with E-state index in [1.807, 2.05) is 0 Å². The van der Waals surface area contributed by atoms with Gasteiger partial charge < -0.3 is 10.1 Å². The van der Waals surface area contributed by atoms with Crippen molar-refractivity contribution < 1.29 is 13.9 Å². The molecule has 2 fully saturated rings. The van der Waals surface area contributed by atoms with Crippen LogP contribution in [-0.4, -0.2) is 18.6 Å². The Labute approximate surface area is 112 Å². The Balaban J connectivity index is 1.45. The smallest absolute Gasteiger partial charge is 0.258 e. The van der Waals surface area contributed by atoms with Gasteiger partial charge in [0, 0.05) is 6.04 Å². The monoisotopic (exact) mass is 263 g/mol. The zero-order chi connectivity index (χ0) is 13.2. The van der Waals surface area contributed by atoms with Crippen molar-refractivity contribution in [2.45, 2.75) is 31.7 Å². The molecule has 0 aliphatic heterocycles. The number of carbonyl (C=O) groups is 1. The molecule has 1 aromatic rings. The molecule has 0 unspecified atom stereocenters. The zero-order valence-electron chi connectivity index (χ0n) is 10.8. The normalized spacial score (nSPS) is 28.4. The third-order valence-electron chi connectivity index (χ3n) is 4.27. The van der Waals surface area contributed by atoms with Crippen molar-refractivity contribution in [2.24, 2.45) is 11.8 Å². The number of benzene rings is 1. The highest BCUT2D eigenvalue weighted by Crippen LogP contribution is 2.44. The summed E-state index contributed by atoms with van der Waals surface area (Å²) in [5, 5.41) is 3.05. The Kier molecular flexibility index (Phi) is 3.40. The average molecular weight is 263 g/mol. The van der Waals surface area contributed by atoms with Gasteiger partial charge in [0.25, 0.3) is 5.91 Å². The highest BCUT2D eigenvalue weighted by atomic mass is 19.1. The summed E-state index contributed by atoms with van der Waals surface area (Å²) in [7, 11) is 0. The highest BCUT2D eigenvalue weighted by molar-refractivity contribution is 5.77. The second kappa shape index (κ2) is 5.19. The first-order valence-corrected chi connectivity index (χ1v) is 6.88. The van der Waals surface area contributed by atoms with E-state index in [4.69, 9.17) is 4.74 Å². The molecule has 2 aliphatic rings. The van der Waals surface area contributed by atoms with Gasteiger partial charge in [-0.2, -0.15) is 0 Å². The average Bonchev–Trinajstić information content (AvgIpc) is 3.00. The molecule has 2 bridgehead atoms. The van der Waals surface area contributed by atoms with Crippen LogP contribution < -0.4 is 10.1 Å². The van der Waals surface area contributed by atoms with Gasteiger partial charge in [0.2, 0.25) is 0 Å². The van der Waals surface area contributed by atoms with Crippen molar-refractivity contribution >= 4 is 5.91 Å². The van der Waals surface area contributed by atoms with Crippen LogP contribution in [0.4, 0.5) is 4.39 Å². The van der Waals surface area contributed by atoms with Crippen molar-refractivity contribution in [3.63, 3.8) is 0 Å². The molecular formula is C15H18FNO2. The maximum atomic E-state index is 12.7. The summed E-state index contributed by atoms with van der Waals surface area (Å²) in [5.74, 6) is 1.61. The van der Waals surface area contributed by atoms with Gasteiger partial charge in [-0.1, -0.05) is 6.42 Å². The summed E-state index contributed by atoms with van der Waals surface area (Å²) < 4.78 is 18.0. The predicted molar refractivity (Wildman–Crippen MR) is 69.3 cm³/mol. The number of carbonyl (C=O) groups excluding carboxylic acids is 1. The van der Waals surface area contributed by atoms with Gasteiger partial charge in [-0.15, -0.1) is 0 Å². The Hall–Kier alpha value is -1.58. The summed E-state index contributed by atoms with van der Waals surface area (Å²) in [4.78, 5) is 11.8.